The largest absolute Gasteiger partial charge is 0.573 e. The first-order chi connectivity index (χ1) is 15.2. The molecule has 2 aromatic carbocycles. The number of ether oxygens (including phenoxy) is 1. The van der Waals surface area contributed by atoms with Crippen LogP contribution < -0.4 is 9.64 Å². The van der Waals surface area contributed by atoms with Gasteiger partial charge >= 0.3 is 6.36 Å². The van der Waals surface area contributed by atoms with Gasteiger partial charge in [0.2, 0.25) is 11.8 Å². The highest BCUT2D eigenvalue weighted by Crippen LogP contribution is 2.41. The average Bonchev–Trinajstić information content (AvgIpc) is 3.26. The van der Waals surface area contributed by atoms with E-state index in [0.29, 0.717) is 24.0 Å². The van der Waals surface area contributed by atoms with E-state index in [9.17, 15) is 27.2 Å². The van der Waals surface area contributed by atoms with Gasteiger partial charge in [-0.15, -0.1) is 18.3 Å². The average molecular weight is 448 g/mol. The Bertz CT molecular complexity index is 1200. The lowest BCUT2D eigenvalue weighted by Crippen LogP contribution is -2.31. The molecule has 1 saturated carbocycles. The maximum absolute atomic E-state index is 14.9. The number of anilines is 1. The molecule has 2 unspecified atom stereocenters. The minimum atomic E-state index is -4.82. The molecule has 2 fully saturated rings. The smallest absolute Gasteiger partial charge is 0.406 e. The highest BCUT2D eigenvalue weighted by atomic mass is 19.4. The zero-order valence-corrected chi connectivity index (χ0v) is 16.5. The van der Waals surface area contributed by atoms with Crippen molar-refractivity contribution in [3.05, 3.63) is 42.2 Å². The fraction of sp³-hybridized carbons (Fsp3) is 0.333. The summed E-state index contributed by atoms with van der Waals surface area (Å²) in [4.78, 5) is 26.7. The minimum Gasteiger partial charge on any atom is -0.406 e. The molecule has 166 valence electrons. The van der Waals surface area contributed by atoms with Gasteiger partial charge in [0, 0.05) is 6.07 Å². The van der Waals surface area contributed by atoms with Crippen molar-refractivity contribution in [3.8, 4) is 11.4 Å². The first kappa shape index (κ1) is 20.4. The molecule has 2 aliphatic rings. The Morgan fingerprint density at radius 3 is 2.19 bits per heavy atom. The second kappa shape index (κ2) is 7.28. The molecule has 0 spiro atoms. The SMILES string of the molecule is O=C1C2CCCCC2C(=O)N1c1cc2c(cc1F)nnn2-c1ccc(OC(F)(F)F)cc1. The van der Waals surface area contributed by atoms with Crippen LogP contribution in [0.2, 0.25) is 0 Å². The zero-order valence-electron chi connectivity index (χ0n) is 16.5. The summed E-state index contributed by atoms with van der Waals surface area (Å²) in [6, 6.07) is 7.28. The molecule has 3 aromatic rings. The number of benzene rings is 2. The van der Waals surface area contributed by atoms with E-state index in [1.807, 2.05) is 0 Å². The van der Waals surface area contributed by atoms with Crippen LogP contribution in [0.1, 0.15) is 25.7 Å². The molecule has 0 radical (unpaired) electrons. The maximum Gasteiger partial charge on any atom is 0.573 e. The van der Waals surface area contributed by atoms with Gasteiger partial charge < -0.3 is 4.74 Å². The summed E-state index contributed by atoms with van der Waals surface area (Å²) < 4.78 is 57.2. The summed E-state index contributed by atoms with van der Waals surface area (Å²) in [6.07, 6.45) is -1.93. The van der Waals surface area contributed by atoms with Crippen molar-refractivity contribution in [1.29, 1.82) is 0 Å². The molecule has 2 amide bonds. The topological polar surface area (TPSA) is 77.3 Å². The van der Waals surface area contributed by atoms with Gasteiger partial charge in [-0.25, -0.2) is 14.0 Å². The van der Waals surface area contributed by atoms with E-state index in [-0.39, 0.29) is 11.2 Å². The number of carbonyl (C=O) groups is 2. The monoisotopic (exact) mass is 448 g/mol. The number of halogens is 4. The number of hydrogen-bond acceptors (Lipinski definition) is 5. The number of hydrogen-bond donors (Lipinski definition) is 0. The highest BCUT2D eigenvalue weighted by molar-refractivity contribution is 6.22. The third kappa shape index (κ3) is 3.37. The fourth-order valence-corrected chi connectivity index (χ4v) is 4.48. The number of alkyl halides is 3. The second-order valence-corrected chi connectivity index (χ2v) is 7.84. The molecule has 1 aromatic heterocycles. The molecule has 2 atom stereocenters. The number of amides is 2. The number of imide groups is 1. The second-order valence-electron chi connectivity index (χ2n) is 7.84. The summed E-state index contributed by atoms with van der Waals surface area (Å²) in [7, 11) is 0. The molecule has 1 aliphatic carbocycles. The molecular weight excluding hydrogens is 432 g/mol. The summed E-state index contributed by atoms with van der Waals surface area (Å²) in [5, 5.41) is 7.83. The van der Waals surface area contributed by atoms with Crippen LogP contribution in [-0.4, -0.2) is 33.2 Å². The third-order valence-corrected chi connectivity index (χ3v) is 5.91. The molecule has 11 heteroatoms. The van der Waals surface area contributed by atoms with Crippen LogP contribution in [0.5, 0.6) is 5.75 Å². The highest BCUT2D eigenvalue weighted by Gasteiger charge is 2.49. The Balaban J connectivity index is 1.53. The van der Waals surface area contributed by atoms with Gasteiger partial charge in [-0.05, 0) is 43.2 Å². The van der Waals surface area contributed by atoms with Gasteiger partial charge in [0.25, 0.3) is 0 Å². The van der Waals surface area contributed by atoms with Crippen LogP contribution in [0.3, 0.4) is 0 Å². The normalized spacial score (nSPS) is 21.3. The summed E-state index contributed by atoms with van der Waals surface area (Å²) in [5.41, 5.74) is 0.620. The minimum absolute atomic E-state index is 0.165. The predicted octanol–water partition coefficient (Wildman–Crippen LogP) is 4.14. The summed E-state index contributed by atoms with van der Waals surface area (Å²) in [6.45, 7) is 0. The quantitative estimate of drug-likeness (QED) is 0.445. The molecule has 0 bridgehead atoms. The van der Waals surface area contributed by atoms with E-state index in [0.717, 1.165) is 35.9 Å². The Kier molecular flexibility index (Phi) is 4.64. The molecule has 7 nitrogen and oxygen atoms in total. The van der Waals surface area contributed by atoms with Crippen LogP contribution >= 0.6 is 0 Å². The van der Waals surface area contributed by atoms with E-state index in [1.54, 1.807) is 0 Å². The van der Waals surface area contributed by atoms with Crippen LogP contribution in [0, 0.1) is 17.7 Å². The number of rotatable bonds is 3. The fourth-order valence-electron chi connectivity index (χ4n) is 4.48. The lowest BCUT2D eigenvalue weighted by Gasteiger charge is -2.19. The Labute approximate surface area is 178 Å². The predicted molar refractivity (Wildman–Crippen MR) is 103 cm³/mol. The van der Waals surface area contributed by atoms with Crippen molar-refractivity contribution in [2.24, 2.45) is 11.8 Å². The number of fused-ring (bicyclic) bond motifs is 2. The zero-order chi connectivity index (χ0) is 22.6. The van der Waals surface area contributed by atoms with Crippen molar-refractivity contribution < 1.29 is 31.9 Å². The van der Waals surface area contributed by atoms with Crippen LogP contribution in [0.25, 0.3) is 16.7 Å². The van der Waals surface area contributed by atoms with E-state index >= 15 is 0 Å². The van der Waals surface area contributed by atoms with Crippen LogP contribution in [0.15, 0.2) is 36.4 Å². The van der Waals surface area contributed by atoms with Crippen LogP contribution in [-0.2, 0) is 9.59 Å². The molecular formula is C21H16F4N4O3. The van der Waals surface area contributed by atoms with E-state index in [1.165, 1.54) is 22.9 Å². The van der Waals surface area contributed by atoms with Gasteiger partial charge in [-0.3, -0.25) is 9.59 Å². The molecule has 0 N–H and O–H groups in total. The number of carbonyl (C=O) groups excluding carboxylic acids is 2. The number of aromatic nitrogens is 3. The lowest BCUT2D eigenvalue weighted by atomic mass is 9.81. The Hall–Kier alpha value is -3.50. The summed E-state index contributed by atoms with van der Waals surface area (Å²) >= 11 is 0. The van der Waals surface area contributed by atoms with Gasteiger partial charge in [0.05, 0.1) is 28.7 Å². The van der Waals surface area contributed by atoms with Crippen molar-refractivity contribution in [1.82, 2.24) is 15.0 Å². The molecule has 1 saturated heterocycles. The molecule has 5 rings (SSSR count). The third-order valence-electron chi connectivity index (χ3n) is 5.91. The first-order valence-corrected chi connectivity index (χ1v) is 10.0. The van der Waals surface area contributed by atoms with E-state index in [2.05, 4.69) is 15.0 Å². The van der Waals surface area contributed by atoms with Gasteiger partial charge in [0.15, 0.2) is 0 Å². The van der Waals surface area contributed by atoms with Crippen molar-refractivity contribution in [2.75, 3.05) is 4.90 Å². The maximum atomic E-state index is 14.9. The van der Waals surface area contributed by atoms with Crippen LogP contribution in [0.4, 0.5) is 23.2 Å². The van der Waals surface area contributed by atoms with Gasteiger partial charge in [-0.2, -0.15) is 0 Å². The Morgan fingerprint density at radius 2 is 1.59 bits per heavy atom. The van der Waals surface area contributed by atoms with Crippen molar-refractivity contribution in [3.63, 3.8) is 0 Å². The molecule has 32 heavy (non-hydrogen) atoms. The first-order valence-electron chi connectivity index (χ1n) is 10.0. The molecule has 2 heterocycles. The van der Waals surface area contributed by atoms with Gasteiger partial charge in [0.1, 0.15) is 17.1 Å². The lowest BCUT2D eigenvalue weighted by molar-refractivity contribution is -0.274. The van der Waals surface area contributed by atoms with E-state index < -0.39 is 41.6 Å². The standard InChI is InChI=1S/C21H16F4N4O3/c22-15-9-16-18(10-17(15)28-19(30)13-3-1-2-4-14(13)20(28)31)29(27-26-16)11-5-7-12(8-6-11)32-21(23,24)25/h5-10,13-14H,1-4H2. The number of nitrogens with zero attached hydrogens (tertiary/aromatic N) is 4. The van der Waals surface area contributed by atoms with Crippen molar-refractivity contribution >= 4 is 28.5 Å². The summed E-state index contributed by atoms with van der Waals surface area (Å²) in [5.74, 6) is -2.88. The van der Waals surface area contributed by atoms with Gasteiger partial charge in [-0.1, -0.05) is 18.1 Å². The van der Waals surface area contributed by atoms with Crippen molar-refractivity contribution in [2.45, 2.75) is 32.0 Å². The Morgan fingerprint density at radius 1 is 0.969 bits per heavy atom. The molecule has 1 aliphatic heterocycles. The van der Waals surface area contributed by atoms with E-state index in [4.69, 9.17) is 0 Å².